The second kappa shape index (κ2) is 4.51. The fourth-order valence-electron chi connectivity index (χ4n) is 1.67. The second-order valence-electron chi connectivity index (χ2n) is 4.71. The first kappa shape index (κ1) is 11.8. The molecule has 0 bridgehead atoms. The van der Waals surface area contributed by atoms with Gasteiger partial charge in [0.15, 0.2) is 0 Å². The molecule has 1 rings (SSSR count). The number of carbonyl (C=O) groups is 2. The Balaban J connectivity index is 2.27. The highest BCUT2D eigenvalue weighted by atomic mass is 16.4. The zero-order valence-electron chi connectivity index (χ0n) is 9.25. The quantitative estimate of drug-likeness (QED) is 0.733. The van der Waals surface area contributed by atoms with Gasteiger partial charge in [-0.15, -0.1) is 0 Å². The molecule has 0 saturated carbocycles. The highest BCUT2D eigenvalue weighted by molar-refractivity contribution is 5.75. The Bertz CT molecular complexity index is 263. The predicted molar refractivity (Wildman–Crippen MR) is 55.6 cm³/mol. The molecule has 2 amide bonds. The van der Waals surface area contributed by atoms with E-state index in [1.54, 1.807) is 4.90 Å². The van der Waals surface area contributed by atoms with E-state index in [1.807, 2.05) is 0 Å². The van der Waals surface area contributed by atoms with Crippen molar-refractivity contribution in [1.82, 2.24) is 10.2 Å². The van der Waals surface area contributed by atoms with Crippen molar-refractivity contribution >= 4 is 12.0 Å². The van der Waals surface area contributed by atoms with Gasteiger partial charge in [0.05, 0.1) is 6.42 Å². The van der Waals surface area contributed by atoms with E-state index in [1.165, 1.54) is 0 Å². The Hall–Kier alpha value is -1.26. The summed E-state index contributed by atoms with van der Waals surface area (Å²) in [5, 5.41) is 11.0. The standard InChI is InChI=1S/C10H18N2O3/c1-10(2)4-6-12(7-10)9(15)11-5-3-8(13)14/h3-7H2,1-2H3,(H,11,15)(H,13,14). The van der Waals surface area contributed by atoms with Crippen LogP contribution in [0.1, 0.15) is 26.7 Å². The topological polar surface area (TPSA) is 69.6 Å². The van der Waals surface area contributed by atoms with E-state index in [0.717, 1.165) is 19.5 Å². The van der Waals surface area contributed by atoms with E-state index in [2.05, 4.69) is 19.2 Å². The van der Waals surface area contributed by atoms with Gasteiger partial charge in [0, 0.05) is 19.6 Å². The molecule has 2 N–H and O–H groups in total. The second-order valence-corrected chi connectivity index (χ2v) is 4.71. The van der Waals surface area contributed by atoms with Gasteiger partial charge in [0.1, 0.15) is 0 Å². The number of amides is 2. The lowest BCUT2D eigenvalue weighted by molar-refractivity contribution is -0.136. The van der Waals surface area contributed by atoms with E-state index in [4.69, 9.17) is 5.11 Å². The van der Waals surface area contributed by atoms with Gasteiger partial charge in [0.2, 0.25) is 0 Å². The maximum atomic E-state index is 11.5. The number of aliphatic carboxylic acids is 1. The lowest BCUT2D eigenvalue weighted by Crippen LogP contribution is -2.40. The van der Waals surface area contributed by atoms with Crippen molar-refractivity contribution in [2.45, 2.75) is 26.7 Å². The van der Waals surface area contributed by atoms with Gasteiger partial charge >= 0.3 is 12.0 Å². The summed E-state index contributed by atoms with van der Waals surface area (Å²) in [6.45, 7) is 5.94. The van der Waals surface area contributed by atoms with Crippen LogP contribution in [-0.4, -0.2) is 41.6 Å². The summed E-state index contributed by atoms with van der Waals surface area (Å²) in [4.78, 5) is 23.5. The smallest absolute Gasteiger partial charge is 0.317 e. The van der Waals surface area contributed by atoms with Crippen molar-refractivity contribution < 1.29 is 14.7 Å². The zero-order chi connectivity index (χ0) is 11.5. The molecule has 86 valence electrons. The number of nitrogens with zero attached hydrogens (tertiary/aromatic N) is 1. The van der Waals surface area contributed by atoms with Crippen LogP contribution in [0.15, 0.2) is 0 Å². The first-order chi connectivity index (χ1) is 6.91. The molecule has 0 aliphatic carbocycles. The average Bonchev–Trinajstić information content (AvgIpc) is 2.45. The molecule has 0 atom stereocenters. The highest BCUT2D eigenvalue weighted by Crippen LogP contribution is 2.28. The number of rotatable bonds is 3. The lowest BCUT2D eigenvalue weighted by atomic mass is 9.93. The van der Waals surface area contributed by atoms with Crippen molar-refractivity contribution in [2.75, 3.05) is 19.6 Å². The van der Waals surface area contributed by atoms with Crippen LogP contribution < -0.4 is 5.32 Å². The maximum absolute atomic E-state index is 11.5. The molecule has 0 aromatic rings. The number of likely N-dealkylation sites (tertiary alicyclic amines) is 1. The summed E-state index contributed by atoms with van der Waals surface area (Å²) in [5.41, 5.74) is 0.185. The number of hydrogen-bond acceptors (Lipinski definition) is 2. The molecule has 15 heavy (non-hydrogen) atoms. The van der Waals surface area contributed by atoms with Gasteiger partial charge in [-0.2, -0.15) is 0 Å². The fourth-order valence-corrected chi connectivity index (χ4v) is 1.67. The molecular weight excluding hydrogens is 196 g/mol. The third-order valence-electron chi connectivity index (χ3n) is 2.58. The summed E-state index contributed by atoms with van der Waals surface area (Å²) < 4.78 is 0. The van der Waals surface area contributed by atoms with Crippen molar-refractivity contribution in [3.05, 3.63) is 0 Å². The zero-order valence-corrected chi connectivity index (χ0v) is 9.25. The molecule has 0 radical (unpaired) electrons. The Morgan fingerprint density at radius 3 is 2.60 bits per heavy atom. The van der Waals surface area contributed by atoms with Gasteiger partial charge in [0.25, 0.3) is 0 Å². The highest BCUT2D eigenvalue weighted by Gasteiger charge is 2.31. The van der Waals surface area contributed by atoms with Crippen LogP contribution in [0.3, 0.4) is 0 Å². The molecule has 5 nitrogen and oxygen atoms in total. The van der Waals surface area contributed by atoms with E-state index >= 15 is 0 Å². The number of carboxylic acid groups (broad SMARTS) is 1. The molecular formula is C10H18N2O3. The van der Waals surface area contributed by atoms with Gasteiger partial charge in [-0.25, -0.2) is 4.79 Å². The molecule has 0 unspecified atom stereocenters. The van der Waals surface area contributed by atoms with Crippen LogP contribution in [0, 0.1) is 5.41 Å². The van der Waals surface area contributed by atoms with Crippen molar-refractivity contribution in [3.63, 3.8) is 0 Å². The van der Waals surface area contributed by atoms with Crippen LogP contribution in [0.4, 0.5) is 4.79 Å². The van der Waals surface area contributed by atoms with Crippen LogP contribution in [-0.2, 0) is 4.79 Å². The largest absolute Gasteiger partial charge is 0.481 e. The maximum Gasteiger partial charge on any atom is 0.317 e. The van der Waals surface area contributed by atoms with Crippen LogP contribution >= 0.6 is 0 Å². The first-order valence-corrected chi connectivity index (χ1v) is 5.15. The minimum absolute atomic E-state index is 0.0248. The Morgan fingerprint density at radius 2 is 2.13 bits per heavy atom. The fraction of sp³-hybridized carbons (Fsp3) is 0.800. The molecule has 0 aromatic carbocycles. The van der Waals surface area contributed by atoms with E-state index in [0.29, 0.717) is 0 Å². The third kappa shape index (κ3) is 3.77. The SMILES string of the molecule is CC1(C)CCN(C(=O)NCCC(=O)O)C1. The van der Waals surface area contributed by atoms with Crippen molar-refractivity contribution in [1.29, 1.82) is 0 Å². The van der Waals surface area contributed by atoms with Crippen LogP contribution in [0.25, 0.3) is 0 Å². The van der Waals surface area contributed by atoms with Gasteiger partial charge in [-0.1, -0.05) is 13.8 Å². The first-order valence-electron chi connectivity index (χ1n) is 5.15. The minimum Gasteiger partial charge on any atom is -0.481 e. The third-order valence-corrected chi connectivity index (χ3v) is 2.58. The molecule has 1 heterocycles. The van der Waals surface area contributed by atoms with Crippen LogP contribution in [0.2, 0.25) is 0 Å². The summed E-state index contributed by atoms with van der Waals surface area (Å²) in [6.07, 6.45) is 0.975. The minimum atomic E-state index is -0.892. The summed E-state index contributed by atoms with van der Waals surface area (Å²) in [6, 6.07) is -0.151. The van der Waals surface area contributed by atoms with E-state index in [9.17, 15) is 9.59 Å². The van der Waals surface area contributed by atoms with E-state index in [-0.39, 0.29) is 24.4 Å². The molecule has 1 aliphatic rings. The number of carbonyl (C=O) groups excluding carboxylic acids is 1. The normalized spacial score (nSPS) is 18.9. The Kier molecular flexibility index (Phi) is 3.55. The summed E-state index contributed by atoms with van der Waals surface area (Å²) in [5.74, 6) is -0.892. The number of urea groups is 1. The molecule has 0 aromatic heterocycles. The van der Waals surface area contributed by atoms with Crippen molar-refractivity contribution in [2.24, 2.45) is 5.41 Å². The van der Waals surface area contributed by atoms with Crippen LogP contribution in [0.5, 0.6) is 0 Å². The van der Waals surface area contributed by atoms with Gasteiger partial charge < -0.3 is 15.3 Å². The van der Waals surface area contributed by atoms with E-state index < -0.39 is 5.97 Å². The number of carboxylic acids is 1. The van der Waals surface area contributed by atoms with Crippen molar-refractivity contribution in [3.8, 4) is 0 Å². The molecule has 1 saturated heterocycles. The molecule has 0 spiro atoms. The number of nitrogens with one attached hydrogen (secondary N) is 1. The molecule has 1 aliphatic heterocycles. The Morgan fingerprint density at radius 1 is 1.47 bits per heavy atom. The number of hydrogen-bond donors (Lipinski definition) is 2. The molecule has 5 heteroatoms. The predicted octanol–water partition coefficient (Wildman–Crippen LogP) is 0.903. The summed E-state index contributed by atoms with van der Waals surface area (Å²) in [7, 11) is 0. The Labute approximate surface area is 89.4 Å². The lowest BCUT2D eigenvalue weighted by Gasteiger charge is -2.20. The van der Waals surface area contributed by atoms with Gasteiger partial charge in [-0.05, 0) is 11.8 Å². The summed E-state index contributed by atoms with van der Waals surface area (Å²) >= 11 is 0. The average molecular weight is 214 g/mol. The molecule has 1 fully saturated rings. The monoisotopic (exact) mass is 214 g/mol. The van der Waals surface area contributed by atoms with Gasteiger partial charge in [-0.3, -0.25) is 4.79 Å².